The fourth-order valence-electron chi connectivity index (χ4n) is 2.47. The minimum absolute atomic E-state index is 0.0103. The number of nitrogens with zero attached hydrogens (tertiary/aromatic N) is 1. The van der Waals surface area contributed by atoms with E-state index in [2.05, 4.69) is 10.6 Å². The Hall–Kier alpha value is -1.82. The Kier molecular flexibility index (Phi) is 5.38. The smallest absolute Gasteiger partial charge is 0.311 e. The lowest BCUT2D eigenvalue weighted by atomic mass is 9.98. The summed E-state index contributed by atoms with van der Waals surface area (Å²) < 4.78 is 5.55. The average molecular weight is 293 g/mol. The first-order chi connectivity index (χ1) is 10.1. The van der Waals surface area contributed by atoms with Gasteiger partial charge in [0, 0.05) is 24.4 Å². The Labute approximate surface area is 125 Å². The molecule has 0 unspecified atom stereocenters. The van der Waals surface area contributed by atoms with Crippen molar-refractivity contribution in [1.82, 2.24) is 5.32 Å². The SMILES string of the molecule is CC(C)Oc1cc(NCC2CCNCC2)ccc1[N+](=O)[O-]. The van der Waals surface area contributed by atoms with Crippen molar-refractivity contribution < 1.29 is 9.66 Å². The Morgan fingerprint density at radius 1 is 1.43 bits per heavy atom. The Bertz CT molecular complexity index is 485. The van der Waals surface area contributed by atoms with Crippen LogP contribution in [0.5, 0.6) is 5.75 Å². The van der Waals surface area contributed by atoms with Crippen molar-refractivity contribution in [3.05, 3.63) is 28.3 Å². The Balaban J connectivity index is 2.03. The molecule has 0 spiro atoms. The molecule has 6 heteroatoms. The molecule has 6 nitrogen and oxygen atoms in total. The van der Waals surface area contributed by atoms with Gasteiger partial charge < -0.3 is 15.4 Å². The van der Waals surface area contributed by atoms with Gasteiger partial charge in [0.25, 0.3) is 0 Å². The number of benzene rings is 1. The number of anilines is 1. The summed E-state index contributed by atoms with van der Waals surface area (Å²) in [5.41, 5.74) is 0.880. The standard InChI is InChI=1S/C15H23N3O3/c1-11(2)21-15-9-13(3-4-14(15)18(19)20)17-10-12-5-7-16-8-6-12/h3-4,9,11-12,16-17H,5-8,10H2,1-2H3. The van der Waals surface area contributed by atoms with Crippen LogP contribution in [0.2, 0.25) is 0 Å². The van der Waals surface area contributed by atoms with E-state index in [0.29, 0.717) is 11.7 Å². The molecule has 2 N–H and O–H groups in total. The van der Waals surface area contributed by atoms with Gasteiger partial charge in [-0.25, -0.2) is 0 Å². The molecule has 1 aliphatic heterocycles. The molecular formula is C15H23N3O3. The van der Waals surface area contributed by atoms with Crippen molar-refractivity contribution in [1.29, 1.82) is 0 Å². The fourth-order valence-corrected chi connectivity index (χ4v) is 2.47. The maximum absolute atomic E-state index is 11.0. The Morgan fingerprint density at radius 2 is 2.14 bits per heavy atom. The van der Waals surface area contributed by atoms with Crippen molar-refractivity contribution in [3.8, 4) is 5.75 Å². The van der Waals surface area contributed by atoms with Crippen LogP contribution in [0, 0.1) is 16.0 Å². The van der Waals surface area contributed by atoms with Gasteiger partial charge >= 0.3 is 5.69 Å². The highest BCUT2D eigenvalue weighted by Crippen LogP contribution is 2.31. The number of piperidine rings is 1. The van der Waals surface area contributed by atoms with Crippen LogP contribution in [0.3, 0.4) is 0 Å². The lowest BCUT2D eigenvalue weighted by molar-refractivity contribution is -0.386. The summed E-state index contributed by atoms with van der Waals surface area (Å²) in [6.07, 6.45) is 2.23. The normalized spacial score (nSPS) is 16.0. The van der Waals surface area contributed by atoms with Gasteiger partial charge in [0.05, 0.1) is 11.0 Å². The molecule has 2 rings (SSSR count). The predicted molar refractivity (Wildman–Crippen MR) is 82.9 cm³/mol. The average Bonchev–Trinajstić information content (AvgIpc) is 2.45. The van der Waals surface area contributed by atoms with Crippen molar-refractivity contribution in [2.24, 2.45) is 5.92 Å². The summed E-state index contributed by atoms with van der Waals surface area (Å²) in [5, 5.41) is 17.7. The second kappa shape index (κ2) is 7.26. The van der Waals surface area contributed by atoms with E-state index in [-0.39, 0.29) is 11.8 Å². The summed E-state index contributed by atoms with van der Waals surface area (Å²) >= 11 is 0. The van der Waals surface area contributed by atoms with Crippen molar-refractivity contribution in [2.45, 2.75) is 32.8 Å². The quantitative estimate of drug-likeness (QED) is 0.623. The molecule has 116 valence electrons. The maximum Gasteiger partial charge on any atom is 0.311 e. The van der Waals surface area contributed by atoms with Crippen LogP contribution >= 0.6 is 0 Å². The van der Waals surface area contributed by atoms with Crippen LogP contribution in [-0.4, -0.2) is 30.7 Å². The first-order valence-electron chi connectivity index (χ1n) is 7.46. The molecule has 1 fully saturated rings. The molecule has 0 saturated carbocycles. The van der Waals surface area contributed by atoms with Crippen LogP contribution in [0.1, 0.15) is 26.7 Å². The zero-order valence-corrected chi connectivity index (χ0v) is 12.6. The molecule has 0 atom stereocenters. The molecule has 1 saturated heterocycles. The topological polar surface area (TPSA) is 76.4 Å². The van der Waals surface area contributed by atoms with Gasteiger partial charge in [0.1, 0.15) is 0 Å². The van der Waals surface area contributed by atoms with Crippen LogP contribution in [0.4, 0.5) is 11.4 Å². The van der Waals surface area contributed by atoms with Crippen LogP contribution in [0.15, 0.2) is 18.2 Å². The molecular weight excluding hydrogens is 270 g/mol. The van der Waals surface area contributed by atoms with Crippen molar-refractivity contribution >= 4 is 11.4 Å². The predicted octanol–water partition coefficient (Wildman–Crippen LogP) is 2.79. The first-order valence-corrected chi connectivity index (χ1v) is 7.46. The van der Waals surface area contributed by atoms with Crippen molar-refractivity contribution in [2.75, 3.05) is 25.0 Å². The van der Waals surface area contributed by atoms with Gasteiger partial charge in [-0.05, 0) is 51.8 Å². The molecule has 0 amide bonds. The number of nitro groups is 1. The van der Waals surface area contributed by atoms with Gasteiger partial charge in [0.2, 0.25) is 0 Å². The van der Waals surface area contributed by atoms with Gasteiger partial charge in [-0.1, -0.05) is 0 Å². The number of nitro benzene ring substituents is 1. The lowest BCUT2D eigenvalue weighted by Crippen LogP contribution is -2.31. The fraction of sp³-hybridized carbons (Fsp3) is 0.600. The van der Waals surface area contributed by atoms with E-state index < -0.39 is 4.92 Å². The summed E-state index contributed by atoms with van der Waals surface area (Å²) in [6, 6.07) is 4.97. The van der Waals surface area contributed by atoms with Gasteiger partial charge in [-0.15, -0.1) is 0 Å². The minimum Gasteiger partial charge on any atom is -0.484 e. The number of nitrogens with one attached hydrogen (secondary N) is 2. The molecule has 1 aromatic rings. The second-order valence-electron chi connectivity index (χ2n) is 5.68. The largest absolute Gasteiger partial charge is 0.484 e. The highest BCUT2D eigenvalue weighted by molar-refractivity contribution is 5.58. The van der Waals surface area contributed by atoms with Gasteiger partial charge in [-0.2, -0.15) is 0 Å². The molecule has 0 aliphatic carbocycles. The van der Waals surface area contributed by atoms with E-state index in [1.807, 2.05) is 13.8 Å². The third-order valence-electron chi connectivity index (χ3n) is 3.57. The summed E-state index contributed by atoms with van der Waals surface area (Å²) in [4.78, 5) is 10.6. The summed E-state index contributed by atoms with van der Waals surface area (Å²) in [7, 11) is 0. The third kappa shape index (κ3) is 4.60. The molecule has 0 radical (unpaired) electrons. The summed E-state index contributed by atoms with van der Waals surface area (Å²) in [5.74, 6) is 0.973. The van der Waals surface area contributed by atoms with E-state index in [0.717, 1.165) is 38.2 Å². The summed E-state index contributed by atoms with van der Waals surface area (Å²) in [6.45, 7) is 6.74. The molecule has 0 aromatic heterocycles. The number of ether oxygens (including phenoxy) is 1. The zero-order chi connectivity index (χ0) is 15.2. The van der Waals surface area contributed by atoms with E-state index in [1.165, 1.54) is 6.07 Å². The first kappa shape index (κ1) is 15.6. The van der Waals surface area contributed by atoms with Crippen LogP contribution in [-0.2, 0) is 0 Å². The van der Waals surface area contributed by atoms with Gasteiger partial charge in [-0.3, -0.25) is 10.1 Å². The monoisotopic (exact) mass is 293 g/mol. The zero-order valence-electron chi connectivity index (χ0n) is 12.6. The molecule has 1 aliphatic rings. The van der Waals surface area contributed by atoms with Crippen LogP contribution in [0.25, 0.3) is 0 Å². The third-order valence-corrected chi connectivity index (χ3v) is 3.57. The van der Waals surface area contributed by atoms with E-state index >= 15 is 0 Å². The number of hydrogen-bond donors (Lipinski definition) is 2. The molecule has 1 aromatic carbocycles. The number of rotatable bonds is 6. The minimum atomic E-state index is -0.408. The molecule has 0 bridgehead atoms. The molecule has 21 heavy (non-hydrogen) atoms. The van der Waals surface area contributed by atoms with Crippen LogP contribution < -0.4 is 15.4 Å². The highest BCUT2D eigenvalue weighted by atomic mass is 16.6. The Morgan fingerprint density at radius 3 is 2.76 bits per heavy atom. The highest BCUT2D eigenvalue weighted by Gasteiger charge is 2.17. The second-order valence-corrected chi connectivity index (χ2v) is 5.68. The van der Waals surface area contributed by atoms with E-state index in [1.54, 1.807) is 12.1 Å². The lowest BCUT2D eigenvalue weighted by Gasteiger charge is -2.23. The maximum atomic E-state index is 11.0. The number of hydrogen-bond acceptors (Lipinski definition) is 5. The van der Waals surface area contributed by atoms with Crippen molar-refractivity contribution in [3.63, 3.8) is 0 Å². The van der Waals surface area contributed by atoms with E-state index in [9.17, 15) is 10.1 Å². The van der Waals surface area contributed by atoms with E-state index in [4.69, 9.17) is 4.74 Å². The van der Waals surface area contributed by atoms with Gasteiger partial charge in [0.15, 0.2) is 5.75 Å². The molecule has 1 heterocycles.